The average molecular weight is 309 g/mol. The highest BCUT2D eigenvalue weighted by molar-refractivity contribution is 9.10. The third-order valence-corrected chi connectivity index (χ3v) is 3.05. The lowest BCUT2D eigenvalue weighted by molar-refractivity contribution is 0.222. The molecule has 1 aromatic carbocycles. The summed E-state index contributed by atoms with van der Waals surface area (Å²) < 4.78 is 6.70. The Hall–Kier alpha value is -0.250. The Morgan fingerprint density at radius 1 is 1.19 bits per heavy atom. The van der Waals surface area contributed by atoms with Crippen LogP contribution in [0.3, 0.4) is 0 Å². The van der Waals surface area contributed by atoms with Crippen LogP contribution in [0, 0.1) is 0 Å². The summed E-state index contributed by atoms with van der Waals surface area (Å²) in [6.07, 6.45) is 0. The molecule has 4 heteroatoms. The first kappa shape index (κ1) is 15.8. The predicted octanol–water partition coefficient (Wildman–Crippen LogP) is 3.59. The van der Waals surface area contributed by atoms with Crippen molar-refractivity contribution in [3.8, 4) is 5.75 Å². The van der Waals surface area contributed by atoms with Gasteiger partial charge in [-0.15, -0.1) is 12.4 Å². The Balaban J connectivity index is 0.00000225. The molecule has 0 saturated heterocycles. The summed E-state index contributed by atoms with van der Waals surface area (Å²) in [5, 5.41) is 0. The molecule has 0 amide bonds. The van der Waals surface area contributed by atoms with E-state index in [1.807, 2.05) is 24.3 Å². The van der Waals surface area contributed by atoms with Crippen LogP contribution in [0.5, 0.6) is 5.75 Å². The van der Waals surface area contributed by atoms with Crippen LogP contribution >= 0.6 is 28.3 Å². The zero-order chi connectivity index (χ0) is 11.1. The number of ether oxygens (including phenoxy) is 1. The molecule has 1 rings (SSSR count). The maximum Gasteiger partial charge on any atom is 0.133 e. The number of para-hydroxylation sites is 1. The van der Waals surface area contributed by atoms with Crippen LogP contribution in [0.2, 0.25) is 0 Å². The summed E-state index contributed by atoms with van der Waals surface area (Å²) in [5.41, 5.74) is 0. The lowest BCUT2D eigenvalue weighted by atomic mass is 10.3. The molecule has 1 aromatic rings. The van der Waals surface area contributed by atoms with Gasteiger partial charge in [0.1, 0.15) is 12.4 Å². The van der Waals surface area contributed by atoms with Gasteiger partial charge in [0.2, 0.25) is 0 Å². The molecule has 0 heterocycles. The molecule has 0 aliphatic rings. The normalized spacial score (nSPS) is 10.0. The van der Waals surface area contributed by atoms with Crippen molar-refractivity contribution in [3.63, 3.8) is 0 Å². The van der Waals surface area contributed by atoms with Gasteiger partial charge in [-0.3, -0.25) is 0 Å². The third-order valence-electron chi connectivity index (χ3n) is 2.40. The Bertz CT molecular complexity index is 292. The van der Waals surface area contributed by atoms with E-state index in [4.69, 9.17) is 4.74 Å². The SMILES string of the molecule is CCN(CC)CCOc1ccccc1Br.Cl. The van der Waals surface area contributed by atoms with E-state index < -0.39 is 0 Å². The van der Waals surface area contributed by atoms with Crippen LogP contribution in [-0.4, -0.2) is 31.1 Å². The number of hydrogen-bond donors (Lipinski definition) is 0. The highest BCUT2D eigenvalue weighted by Gasteiger charge is 2.01. The first-order valence-electron chi connectivity index (χ1n) is 5.37. The molecular weight excluding hydrogens is 289 g/mol. The third kappa shape index (κ3) is 5.19. The van der Waals surface area contributed by atoms with Crippen molar-refractivity contribution in [1.82, 2.24) is 4.90 Å². The van der Waals surface area contributed by atoms with Crippen molar-refractivity contribution in [1.29, 1.82) is 0 Å². The molecule has 0 atom stereocenters. The van der Waals surface area contributed by atoms with Gasteiger partial charge >= 0.3 is 0 Å². The standard InChI is InChI=1S/C12H18BrNO.ClH/c1-3-14(4-2)9-10-15-12-8-6-5-7-11(12)13;/h5-8H,3-4,9-10H2,1-2H3;1H. The molecule has 0 aliphatic carbocycles. The minimum Gasteiger partial charge on any atom is -0.491 e. The lowest BCUT2D eigenvalue weighted by Crippen LogP contribution is -2.27. The lowest BCUT2D eigenvalue weighted by Gasteiger charge is -2.18. The van der Waals surface area contributed by atoms with Crippen LogP contribution < -0.4 is 4.74 Å². The monoisotopic (exact) mass is 307 g/mol. The van der Waals surface area contributed by atoms with Crippen LogP contribution in [0.15, 0.2) is 28.7 Å². The van der Waals surface area contributed by atoms with Gasteiger partial charge in [-0.25, -0.2) is 0 Å². The summed E-state index contributed by atoms with van der Waals surface area (Å²) in [4.78, 5) is 2.34. The van der Waals surface area contributed by atoms with E-state index in [1.54, 1.807) is 0 Å². The molecule has 92 valence electrons. The number of halogens is 2. The second-order valence-electron chi connectivity index (χ2n) is 3.31. The number of benzene rings is 1. The van der Waals surface area contributed by atoms with Crippen molar-refractivity contribution in [2.24, 2.45) is 0 Å². The van der Waals surface area contributed by atoms with E-state index in [9.17, 15) is 0 Å². The molecule has 0 unspecified atom stereocenters. The average Bonchev–Trinajstić information content (AvgIpc) is 2.27. The summed E-state index contributed by atoms with van der Waals surface area (Å²) in [7, 11) is 0. The molecule has 0 bridgehead atoms. The minimum atomic E-state index is 0. The summed E-state index contributed by atoms with van der Waals surface area (Å²) >= 11 is 3.46. The fraction of sp³-hybridized carbons (Fsp3) is 0.500. The molecular formula is C12H19BrClNO. The molecule has 0 aromatic heterocycles. The van der Waals surface area contributed by atoms with Crippen LogP contribution in [-0.2, 0) is 0 Å². The van der Waals surface area contributed by atoms with Crippen LogP contribution in [0.4, 0.5) is 0 Å². The smallest absolute Gasteiger partial charge is 0.133 e. The van der Waals surface area contributed by atoms with Crippen molar-refractivity contribution in [2.75, 3.05) is 26.2 Å². The Kier molecular flexibility index (Phi) is 8.71. The van der Waals surface area contributed by atoms with E-state index >= 15 is 0 Å². The Morgan fingerprint density at radius 2 is 1.81 bits per heavy atom. The molecule has 0 spiro atoms. The highest BCUT2D eigenvalue weighted by Crippen LogP contribution is 2.23. The number of nitrogens with zero attached hydrogens (tertiary/aromatic N) is 1. The first-order valence-corrected chi connectivity index (χ1v) is 6.17. The zero-order valence-electron chi connectivity index (χ0n) is 9.78. The van der Waals surface area contributed by atoms with Gasteiger partial charge in [0, 0.05) is 6.54 Å². The van der Waals surface area contributed by atoms with E-state index in [-0.39, 0.29) is 12.4 Å². The van der Waals surface area contributed by atoms with Crippen molar-refractivity contribution < 1.29 is 4.74 Å². The molecule has 0 saturated carbocycles. The van der Waals surface area contributed by atoms with Gasteiger partial charge in [0.25, 0.3) is 0 Å². The van der Waals surface area contributed by atoms with Gasteiger partial charge in [-0.2, -0.15) is 0 Å². The Morgan fingerprint density at radius 3 is 2.38 bits per heavy atom. The second-order valence-corrected chi connectivity index (χ2v) is 4.16. The fourth-order valence-corrected chi connectivity index (χ4v) is 1.79. The summed E-state index contributed by atoms with van der Waals surface area (Å²) in [5.74, 6) is 0.921. The van der Waals surface area contributed by atoms with Gasteiger partial charge in [-0.05, 0) is 41.2 Å². The van der Waals surface area contributed by atoms with Crippen LogP contribution in [0.1, 0.15) is 13.8 Å². The summed E-state index contributed by atoms with van der Waals surface area (Å²) in [6.45, 7) is 8.22. The van der Waals surface area contributed by atoms with E-state index in [0.29, 0.717) is 0 Å². The molecule has 0 fully saturated rings. The van der Waals surface area contributed by atoms with E-state index in [2.05, 4.69) is 34.7 Å². The maximum absolute atomic E-state index is 5.68. The predicted molar refractivity (Wildman–Crippen MR) is 74.7 cm³/mol. The topological polar surface area (TPSA) is 12.5 Å². The van der Waals surface area contributed by atoms with Crippen molar-refractivity contribution in [2.45, 2.75) is 13.8 Å². The van der Waals surface area contributed by atoms with Gasteiger partial charge in [0.05, 0.1) is 4.47 Å². The minimum absolute atomic E-state index is 0. The zero-order valence-corrected chi connectivity index (χ0v) is 12.2. The Labute approximate surface area is 113 Å². The van der Waals surface area contributed by atoms with Gasteiger partial charge < -0.3 is 9.64 Å². The first-order chi connectivity index (χ1) is 7.27. The van der Waals surface area contributed by atoms with Gasteiger partial charge in [0.15, 0.2) is 0 Å². The van der Waals surface area contributed by atoms with Crippen molar-refractivity contribution in [3.05, 3.63) is 28.7 Å². The molecule has 16 heavy (non-hydrogen) atoms. The maximum atomic E-state index is 5.68. The number of rotatable bonds is 6. The second kappa shape index (κ2) is 8.85. The van der Waals surface area contributed by atoms with E-state index in [0.717, 1.165) is 36.5 Å². The molecule has 2 nitrogen and oxygen atoms in total. The number of likely N-dealkylation sites (N-methyl/N-ethyl adjacent to an activating group) is 1. The largest absolute Gasteiger partial charge is 0.491 e. The molecule has 0 aliphatic heterocycles. The van der Waals surface area contributed by atoms with Crippen molar-refractivity contribution >= 4 is 28.3 Å². The van der Waals surface area contributed by atoms with Crippen LogP contribution in [0.25, 0.3) is 0 Å². The van der Waals surface area contributed by atoms with E-state index in [1.165, 1.54) is 0 Å². The summed E-state index contributed by atoms with van der Waals surface area (Å²) in [6, 6.07) is 7.94. The molecule has 0 N–H and O–H groups in total. The molecule has 0 radical (unpaired) electrons. The highest BCUT2D eigenvalue weighted by atomic mass is 79.9. The number of hydrogen-bond acceptors (Lipinski definition) is 2. The fourth-order valence-electron chi connectivity index (χ4n) is 1.39. The quantitative estimate of drug-likeness (QED) is 0.796. The van der Waals surface area contributed by atoms with Gasteiger partial charge in [-0.1, -0.05) is 26.0 Å².